The topological polar surface area (TPSA) is 54.5 Å². The van der Waals surface area contributed by atoms with Gasteiger partial charge in [-0.3, -0.25) is 10.1 Å². The van der Waals surface area contributed by atoms with Gasteiger partial charge in [-0.15, -0.1) is 11.6 Å². The van der Waals surface area contributed by atoms with E-state index in [1.165, 1.54) is 0 Å². The van der Waals surface area contributed by atoms with Gasteiger partial charge in [-0.1, -0.05) is 0 Å². The Hall–Kier alpha value is -0.940. The maximum Gasteiger partial charge on any atom is 0.182 e. The molecule has 2 heterocycles. The van der Waals surface area contributed by atoms with Crippen LogP contribution < -0.4 is 0 Å². The molecule has 0 fully saturated rings. The fourth-order valence-electron chi connectivity index (χ4n) is 1.12. The molecule has 0 bridgehead atoms. The van der Waals surface area contributed by atoms with E-state index in [4.69, 9.17) is 11.6 Å². The number of hydrogen-bond donors (Lipinski definition) is 1. The van der Waals surface area contributed by atoms with Gasteiger partial charge in [0.2, 0.25) is 0 Å². The number of pyridine rings is 1. The average molecular weight is 288 g/mol. The van der Waals surface area contributed by atoms with E-state index in [-0.39, 0.29) is 5.38 Å². The summed E-state index contributed by atoms with van der Waals surface area (Å²) >= 11 is 9.22. The highest BCUT2D eigenvalue weighted by molar-refractivity contribution is 9.10. The van der Waals surface area contributed by atoms with Crippen molar-refractivity contribution in [2.24, 2.45) is 0 Å². The first-order chi connectivity index (χ1) is 7.16. The Morgan fingerprint density at radius 2 is 2.27 bits per heavy atom. The summed E-state index contributed by atoms with van der Waals surface area (Å²) in [7, 11) is 0. The second-order valence-corrected chi connectivity index (χ2v) is 4.62. The van der Waals surface area contributed by atoms with Gasteiger partial charge in [-0.2, -0.15) is 5.10 Å². The van der Waals surface area contributed by atoms with Crippen molar-refractivity contribution in [1.29, 1.82) is 0 Å². The SMILES string of the molecule is CC(Cl)c1nc(-c2cncc(Br)c2)n[nH]1. The third kappa shape index (κ3) is 2.35. The average Bonchev–Trinajstić information content (AvgIpc) is 2.66. The normalized spacial score (nSPS) is 12.7. The molecular weight excluding hydrogens is 279 g/mol. The summed E-state index contributed by atoms with van der Waals surface area (Å²) in [5, 5.41) is 6.68. The standard InChI is InChI=1S/C9H8BrClN4/c1-5(11)8-13-9(15-14-8)6-2-7(10)4-12-3-6/h2-5H,1H3,(H,13,14,15). The number of H-pyrrole nitrogens is 1. The summed E-state index contributed by atoms with van der Waals surface area (Å²) in [6.07, 6.45) is 3.41. The molecule has 4 nitrogen and oxygen atoms in total. The summed E-state index contributed by atoms with van der Waals surface area (Å²) in [4.78, 5) is 8.30. The molecule has 1 N–H and O–H groups in total. The van der Waals surface area contributed by atoms with Crippen LogP contribution in [0.3, 0.4) is 0 Å². The third-order valence-electron chi connectivity index (χ3n) is 1.84. The minimum absolute atomic E-state index is 0.175. The Bertz CT molecular complexity index is 469. The molecule has 6 heteroatoms. The minimum atomic E-state index is -0.175. The highest BCUT2D eigenvalue weighted by Gasteiger charge is 2.09. The Morgan fingerprint density at radius 3 is 2.87 bits per heavy atom. The van der Waals surface area contributed by atoms with Crippen LogP contribution in [0.4, 0.5) is 0 Å². The molecule has 78 valence electrons. The van der Waals surface area contributed by atoms with Crippen LogP contribution in [0, 0.1) is 0 Å². The zero-order chi connectivity index (χ0) is 10.8. The molecule has 0 aliphatic rings. The Kier molecular flexibility index (Phi) is 3.02. The van der Waals surface area contributed by atoms with Crippen molar-refractivity contribution in [3.63, 3.8) is 0 Å². The summed E-state index contributed by atoms with van der Waals surface area (Å²) in [5.41, 5.74) is 0.851. The molecule has 0 aliphatic heterocycles. The largest absolute Gasteiger partial charge is 0.263 e. The summed E-state index contributed by atoms with van der Waals surface area (Å²) in [5.74, 6) is 1.26. The zero-order valence-electron chi connectivity index (χ0n) is 7.91. The van der Waals surface area contributed by atoms with Gasteiger partial charge in [0.15, 0.2) is 5.82 Å². The Labute approximate surface area is 100 Å². The highest BCUT2D eigenvalue weighted by atomic mass is 79.9. The minimum Gasteiger partial charge on any atom is -0.263 e. The molecular formula is C9H8BrClN4. The van der Waals surface area contributed by atoms with E-state index >= 15 is 0 Å². The Balaban J connectivity index is 2.37. The van der Waals surface area contributed by atoms with Crippen molar-refractivity contribution in [1.82, 2.24) is 20.2 Å². The lowest BCUT2D eigenvalue weighted by Gasteiger charge is -1.95. The van der Waals surface area contributed by atoms with E-state index in [9.17, 15) is 0 Å². The predicted molar refractivity (Wildman–Crippen MR) is 61.6 cm³/mol. The number of alkyl halides is 1. The molecule has 0 spiro atoms. The number of halogens is 2. The molecule has 0 saturated carbocycles. The van der Waals surface area contributed by atoms with Gasteiger partial charge in [0.1, 0.15) is 5.82 Å². The molecule has 2 rings (SSSR count). The first kappa shape index (κ1) is 10.6. The second kappa shape index (κ2) is 4.28. The zero-order valence-corrected chi connectivity index (χ0v) is 10.2. The van der Waals surface area contributed by atoms with E-state index in [1.54, 1.807) is 12.4 Å². The smallest absolute Gasteiger partial charge is 0.182 e. The maximum absolute atomic E-state index is 5.88. The summed E-state index contributed by atoms with van der Waals surface area (Å²) in [6, 6.07) is 1.90. The Morgan fingerprint density at radius 1 is 1.47 bits per heavy atom. The number of hydrogen-bond acceptors (Lipinski definition) is 3. The van der Waals surface area contributed by atoms with E-state index in [0.717, 1.165) is 10.0 Å². The predicted octanol–water partition coefficient (Wildman–Crippen LogP) is 2.93. The van der Waals surface area contributed by atoms with Crippen molar-refractivity contribution in [2.75, 3.05) is 0 Å². The van der Waals surface area contributed by atoms with Gasteiger partial charge in [-0.05, 0) is 28.9 Å². The lowest BCUT2D eigenvalue weighted by molar-refractivity contribution is 0.918. The molecule has 15 heavy (non-hydrogen) atoms. The van der Waals surface area contributed by atoms with Crippen LogP contribution in [-0.4, -0.2) is 20.2 Å². The fourth-order valence-corrected chi connectivity index (χ4v) is 1.58. The van der Waals surface area contributed by atoms with Crippen molar-refractivity contribution < 1.29 is 0 Å². The van der Waals surface area contributed by atoms with Crippen molar-refractivity contribution in [3.8, 4) is 11.4 Å². The molecule has 0 radical (unpaired) electrons. The fraction of sp³-hybridized carbons (Fsp3) is 0.222. The monoisotopic (exact) mass is 286 g/mol. The second-order valence-electron chi connectivity index (χ2n) is 3.05. The molecule has 0 aromatic carbocycles. The molecule has 2 aromatic heterocycles. The third-order valence-corrected chi connectivity index (χ3v) is 2.48. The van der Waals surface area contributed by atoms with Crippen molar-refractivity contribution in [3.05, 3.63) is 28.8 Å². The van der Waals surface area contributed by atoms with E-state index in [1.807, 2.05) is 13.0 Å². The van der Waals surface area contributed by atoms with Gasteiger partial charge in [0.25, 0.3) is 0 Å². The number of nitrogens with zero attached hydrogens (tertiary/aromatic N) is 3. The van der Waals surface area contributed by atoms with E-state index in [0.29, 0.717) is 11.6 Å². The quantitative estimate of drug-likeness (QED) is 0.864. The van der Waals surface area contributed by atoms with Crippen molar-refractivity contribution >= 4 is 27.5 Å². The number of rotatable bonds is 2. The van der Waals surface area contributed by atoms with Crippen LogP contribution in [0.5, 0.6) is 0 Å². The maximum atomic E-state index is 5.88. The summed E-state index contributed by atoms with van der Waals surface area (Å²) < 4.78 is 0.894. The molecule has 0 aliphatic carbocycles. The molecule has 1 unspecified atom stereocenters. The van der Waals surface area contributed by atoms with Gasteiger partial charge < -0.3 is 0 Å². The lowest BCUT2D eigenvalue weighted by Crippen LogP contribution is -1.87. The van der Waals surface area contributed by atoms with Crippen LogP contribution in [0.25, 0.3) is 11.4 Å². The van der Waals surface area contributed by atoms with Gasteiger partial charge in [0.05, 0.1) is 5.38 Å². The first-order valence-corrected chi connectivity index (χ1v) is 5.57. The van der Waals surface area contributed by atoms with Crippen molar-refractivity contribution in [2.45, 2.75) is 12.3 Å². The molecule has 0 saturated heterocycles. The first-order valence-electron chi connectivity index (χ1n) is 4.34. The van der Waals surface area contributed by atoms with Gasteiger partial charge in [-0.25, -0.2) is 4.98 Å². The lowest BCUT2D eigenvalue weighted by atomic mass is 10.3. The van der Waals surface area contributed by atoms with Gasteiger partial charge >= 0.3 is 0 Å². The number of aromatic nitrogens is 4. The number of nitrogens with one attached hydrogen (secondary N) is 1. The van der Waals surface area contributed by atoms with E-state index < -0.39 is 0 Å². The molecule has 2 aromatic rings. The number of aromatic amines is 1. The van der Waals surface area contributed by atoms with Crippen LogP contribution in [0.15, 0.2) is 22.9 Å². The van der Waals surface area contributed by atoms with Crippen LogP contribution in [0.1, 0.15) is 18.1 Å². The van der Waals surface area contributed by atoms with E-state index in [2.05, 4.69) is 36.1 Å². The van der Waals surface area contributed by atoms with Crippen LogP contribution in [0.2, 0.25) is 0 Å². The van der Waals surface area contributed by atoms with Crippen LogP contribution in [-0.2, 0) is 0 Å². The van der Waals surface area contributed by atoms with Crippen LogP contribution >= 0.6 is 27.5 Å². The molecule has 0 amide bonds. The highest BCUT2D eigenvalue weighted by Crippen LogP contribution is 2.21. The molecule has 1 atom stereocenters. The van der Waals surface area contributed by atoms with Gasteiger partial charge in [0, 0.05) is 22.4 Å². The summed E-state index contributed by atoms with van der Waals surface area (Å²) in [6.45, 7) is 1.84.